The van der Waals surface area contributed by atoms with Crippen molar-refractivity contribution in [2.24, 2.45) is 0 Å². The van der Waals surface area contributed by atoms with Gasteiger partial charge in [0.05, 0.1) is 5.56 Å². The van der Waals surface area contributed by atoms with Gasteiger partial charge >= 0.3 is 5.63 Å². The molecular weight excluding hydrogens is 271 g/mol. The molecule has 0 saturated carbocycles. The van der Waals surface area contributed by atoms with Gasteiger partial charge in [0, 0.05) is 35.6 Å². The number of nitrogens with zero attached hydrogens (tertiary/aromatic N) is 2. The molecule has 4 aromatic rings. The molecule has 0 amide bonds. The fraction of sp³-hybridized carbons (Fsp3) is 0. The number of halogens is 1. The van der Waals surface area contributed by atoms with E-state index in [9.17, 15) is 9.18 Å². The highest BCUT2D eigenvalue weighted by Crippen LogP contribution is 2.23. The van der Waals surface area contributed by atoms with Crippen molar-refractivity contribution in [3.05, 3.63) is 71.2 Å². The van der Waals surface area contributed by atoms with Gasteiger partial charge in [0.25, 0.3) is 0 Å². The van der Waals surface area contributed by atoms with Crippen LogP contribution in [0, 0.1) is 5.82 Å². The highest BCUT2D eigenvalue weighted by atomic mass is 19.1. The van der Waals surface area contributed by atoms with Crippen molar-refractivity contribution in [2.75, 3.05) is 0 Å². The molecule has 0 aliphatic heterocycles. The normalized spacial score (nSPS) is 11.3. The van der Waals surface area contributed by atoms with E-state index in [1.54, 1.807) is 18.3 Å². The number of hydrogen-bond donors (Lipinski definition) is 0. The van der Waals surface area contributed by atoms with Crippen molar-refractivity contribution in [3.63, 3.8) is 0 Å². The molecule has 0 saturated heterocycles. The van der Waals surface area contributed by atoms with Crippen LogP contribution in [0.5, 0.6) is 0 Å². The lowest BCUT2D eigenvalue weighted by atomic mass is 10.1. The Hall–Kier alpha value is -2.95. The van der Waals surface area contributed by atoms with Crippen molar-refractivity contribution >= 4 is 16.6 Å². The third-order valence-electron chi connectivity index (χ3n) is 3.38. The van der Waals surface area contributed by atoms with Crippen molar-refractivity contribution in [1.82, 2.24) is 9.38 Å². The Morgan fingerprint density at radius 1 is 1.19 bits per heavy atom. The van der Waals surface area contributed by atoms with Crippen LogP contribution in [0.2, 0.25) is 0 Å². The predicted molar refractivity (Wildman–Crippen MR) is 76.6 cm³/mol. The monoisotopic (exact) mass is 280 g/mol. The standard InChI is InChI=1S/C16H9FN2O2/c17-12-3-2-10-6-13(16(20)21-14(10)8-12)11-7-15-18-4-1-5-19(15)9-11/h1-9H. The molecule has 1 aromatic carbocycles. The average Bonchev–Trinajstić information content (AvgIpc) is 2.90. The lowest BCUT2D eigenvalue weighted by Crippen LogP contribution is -2.02. The number of fused-ring (bicyclic) bond motifs is 2. The minimum atomic E-state index is -0.496. The SMILES string of the molecule is O=c1oc2cc(F)ccc2cc1-c1cc2ncccn2c1. The molecule has 4 nitrogen and oxygen atoms in total. The summed E-state index contributed by atoms with van der Waals surface area (Å²) in [6, 6.07) is 9.45. The summed E-state index contributed by atoms with van der Waals surface area (Å²) < 4.78 is 20.2. The van der Waals surface area contributed by atoms with E-state index in [2.05, 4.69) is 4.98 Å². The molecule has 21 heavy (non-hydrogen) atoms. The number of aromatic nitrogens is 2. The Labute approximate surface area is 118 Å². The van der Waals surface area contributed by atoms with Gasteiger partial charge in [0.2, 0.25) is 0 Å². The highest BCUT2D eigenvalue weighted by molar-refractivity contribution is 5.82. The first-order valence-electron chi connectivity index (χ1n) is 6.37. The van der Waals surface area contributed by atoms with E-state index in [-0.39, 0.29) is 5.58 Å². The molecule has 3 aromatic heterocycles. The molecule has 0 aliphatic carbocycles. The second kappa shape index (κ2) is 4.28. The molecular formula is C16H9FN2O2. The van der Waals surface area contributed by atoms with Crippen molar-refractivity contribution < 1.29 is 8.81 Å². The van der Waals surface area contributed by atoms with Crippen LogP contribution in [-0.2, 0) is 0 Å². The smallest absolute Gasteiger partial charge is 0.344 e. The zero-order valence-corrected chi connectivity index (χ0v) is 10.8. The average molecular weight is 280 g/mol. The van der Waals surface area contributed by atoms with E-state index >= 15 is 0 Å². The molecule has 0 unspecified atom stereocenters. The maximum absolute atomic E-state index is 13.2. The number of benzene rings is 1. The van der Waals surface area contributed by atoms with Gasteiger partial charge in [-0.2, -0.15) is 0 Å². The Morgan fingerprint density at radius 3 is 2.95 bits per heavy atom. The van der Waals surface area contributed by atoms with Crippen molar-refractivity contribution in [3.8, 4) is 11.1 Å². The summed E-state index contributed by atoms with van der Waals surface area (Å²) in [7, 11) is 0. The van der Waals surface area contributed by atoms with E-state index in [1.165, 1.54) is 12.1 Å². The van der Waals surface area contributed by atoms with Gasteiger partial charge in [-0.15, -0.1) is 0 Å². The summed E-state index contributed by atoms with van der Waals surface area (Å²) in [6.45, 7) is 0. The molecule has 4 rings (SSSR count). The Kier molecular flexibility index (Phi) is 2.41. The fourth-order valence-corrected chi connectivity index (χ4v) is 2.37. The quantitative estimate of drug-likeness (QED) is 0.503. The van der Waals surface area contributed by atoms with Gasteiger partial charge in [-0.3, -0.25) is 0 Å². The highest BCUT2D eigenvalue weighted by Gasteiger charge is 2.10. The van der Waals surface area contributed by atoms with Gasteiger partial charge in [0.1, 0.15) is 17.0 Å². The molecule has 0 atom stereocenters. The molecule has 0 bridgehead atoms. The maximum Gasteiger partial charge on any atom is 0.344 e. The molecule has 0 N–H and O–H groups in total. The van der Waals surface area contributed by atoms with Crippen LogP contribution in [0.15, 0.2) is 64.2 Å². The van der Waals surface area contributed by atoms with Crippen molar-refractivity contribution in [2.45, 2.75) is 0 Å². The molecule has 3 heterocycles. The summed E-state index contributed by atoms with van der Waals surface area (Å²) in [5.41, 5.74) is 1.63. The summed E-state index contributed by atoms with van der Waals surface area (Å²) in [6.07, 6.45) is 5.35. The van der Waals surface area contributed by atoms with Crippen LogP contribution in [-0.4, -0.2) is 9.38 Å². The summed E-state index contributed by atoms with van der Waals surface area (Å²) >= 11 is 0. The summed E-state index contributed by atoms with van der Waals surface area (Å²) in [5, 5.41) is 0.675. The molecule has 0 radical (unpaired) electrons. The summed E-state index contributed by atoms with van der Waals surface area (Å²) in [4.78, 5) is 16.3. The minimum absolute atomic E-state index is 0.241. The van der Waals surface area contributed by atoms with E-state index < -0.39 is 11.4 Å². The van der Waals surface area contributed by atoms with Crippen LogP contribution < -0.4 is 5.63 Å². The van der Waals surface area contributed by atoms with Crippen LogP contribution in [0.3, 0.4) is 0 Å². The number of hydrogen-bond acceptors (Lipinski definition) is 3. The fourth-order valence-electron chi connectivity index (χ4n) is 2.37. The van der Waals surface area contributed by atoms with E-state index in [0.717, 1.165) is 5.65 Å². The zero-order valence-electron chi connectivity index (χ0n) is 10.8. The molecule has 0 fully saturated rings. The lowest BCUT2D eigenvalue weighted by molar-refractivity contribution is 0.556. The van der Waals surface area contributed by atoms with Crippen LogP contribution >= 0.6 is 0 Å². The van der Waals surface area contributed by atoms with Gasteiger partial charge in [-0.25, -0.2) is 14.2 Å². The first-order chi connectivity index (χ1) is 10.2. The third kappa shape index (κ3) is 1.90. The second-order valence-corrected chi connectivity index (χ2v) is 4.74. The van der Waals surface area contributed by atoms with Gasteiger partial charge in [-0.05, 0) is 30.3 Å². The number of rotatable bonds is 1. The zero-order chi connectivity index (χ0) is 14.4. The predicted octanol–water partition coefficient (Wildman–Crippen LogP) is 3.25. The topological polar surface area (TPSA) is 47.5 Å². The van der Waals surface area contributed by atoms with Gasteiger partial charge in [0.15, 0.2) is 0 Å². The lowest BCUT2D eigenvalue weighted by Gasteiger charge is -2.00. The van der Waals surface area contributed by atoms with Gasteiger partial charge < -0.3 is 8.82 Å². The minimum Gasteiger partial charge on any atom is -0.422 e. The van der Waals surface area contributed by atoms with Gasteiger partial charge in [-0.1, -0.05) is 0 Å². The van der Waals surface area contributed by atoms with Crippen molar-refractivity contribution in [1.29, 1.82) is 0 Å². The molecule has 102 valence electrons. The third-order valence-corrected chi connectivity index (χ3v) is 3.38. The largest absolute Gasteiger partial charge is 0.422 e. The first-order valence-corrected chi connectivity index (χ1v) is 6.37. The maximum atomic E-state index is 13.2. The molecule has 0 spiro atoms. The molecule has 0 aliphatic rings. The Bertz CT molecular complexity index is 1000. The van der Waals surface area contributed by atoms with E-state index in [0.29, 0.717) is 16.5 Å². The van der Waals surface area contributed by atoms with E-state index in [4.69, 9.17) is 4.42 Å². The Balaban J connectivity index is 1.99. The Morgan fingerprint density at radius 2 is 2.10 bits per heavy atom. The second-order valence-electron chi connectivity index (χ2n) is 4.74. The van der Waals surface area contributed by atoms with Crippen LogP contribution in [0.4, 0.5) is 4.39 Å². The first kappa shape index (κ1) is 11.8. The molecule has 5 heteroatoms. The van der Waals surface area contributed by atoms with Crippen LogP contribution in [0.1, 0.15) is 0 Å². The van der Waals surface area contributed by atoms with E-state index in [1.807, 2.05) is 28.9 Å². The van der Waals surface area contributed by atoms with Crippen LogP contribution in [0.25, 0.3) is 27.7 Å². The summed E-state index contributed by atoms with van der Waals surface area (Å²) in [5.74, 6) is -0.433.